The van der Waals surface area contributed by atoms with Gasteiger partial charge in [0, 0.05) is 0 Å². The molecule has 2 fully saturated rings. The van der Waals surface area contributed by atoms with E-state index in [0.29, 0.717) is 0 Å². The summed E-state index contributed by atoms with van der Waals surface area (Å²) in [5.74, 6) is -3.81. The van der Waals surface area contributed by atoms with E-state index in [2.05, 4.69) is 0 Å². The zero-order chi connectivity index (χ0) is 27.3. The van der Waals surface area contributed by atoms with Crippen LogP contribution in [0.1, 0.15) is 41.5 Å². The second-order valence-corrected chi connectivity index (χ2v) is 8.21. The Morgan fingerprint density at radius 1 is 0.694 bits per heavy atom. The molecule has 2 aliphatic heterocycles. The Balaban J connectivity index is 2.16. The summed E-state index contributed by atoms with van der Waals surface area (Å²) >= 11 is 0. The van der Waals surface area contributed by atoms with E-state index >= 15 is 0 Å². The highest BCUT2D eigenvalue weighted by molar-refractivity contribution is 5.79. The van der Waals surface area contributed by atoms with E-state index in [9.17, 15) is 34.5 Å². The first-order valence-electron chi connectivity index (χ1n) is 11.2. The number of aliphatic hydroxyl groups is 3. The lowest BCUT2D eigenvalue weighted by molar-refractivity contribution is -0.279. The van der Waals surface area contributed by atoms with Gasteiger partial charge in [-0.15, -0.1) is 0 Å². The summed E-state index contributed by atoms with van der Waals surface area (Å²) in [6.07, 6.45) is -14.3. The number of esters is 4. The quantitative estimate of drug-likeness (QED) is 0.147. The molecule has 2 rings (SSSR count). The van der Waals surface area contributed by atoms with Crippen LogP contribution >= 0.6 is 0 Å². The second kappa shape index (κ2) is 12.7. The molecule has 36 heavy (non-hydrogen) atoms. The molecule has 0 aromatic heterocycles. The van der Waals surface area contributed by atoms with Crippen LogP contribution in [-0.2, 0) is 57.1 Å². The Morgan fingerprint density at radius 3 is 1.56 bits per heavy atom. The fourth-order valence-corrected chi connectivity index (χ4v) is 3.23. The maximum Gasteiger partial charge on any atom is 0.338 e. The number of rotatable bonds is 12. The van der Waals surface area contributed by atoms with E-state index in [1.165, 1.54) is 41.5 Å². The van der Waals surface area contributed by atoms with Gasteiger partial charge in [0.1, 0.15) is 24.4 Å². The zero-order valence-corrected chi connectivity index (χ0v) is 20.6. The van der Waals surface area contributed by atoms with Crippen LogP contribution in [0.15, 0.2) is 0 Å². The normalized spacial score (nSPS) is 30.2. The summed E-state index contributed by atoms with van der Waals surface area (Å²) in [6, 6.07) is 0. The Bertz CT molecular complexity index is 796. The summed E-state index contributed by atoms with van der Waals surface area (Å²) < 4.78 is 42.5. The van der Waals surface area contributed by atoms with Gasteiger partial charge >= 0.3 is 23.9 Å². The topological polar surface area (TPSA) is 203 Å². The van der Waals surface area contributed by atoms with Crippen molar-refractivity contribution < 1.29 is 72.4 Å². The molecular weight excluding hydrogens is 492 g/mol. The van der Waals surface area contributed by atoms with Crippen molar-refractivity contribution in [3.8, 4) is 0 Å². The van der Waals surface area contributed by atoms with E-state index in [-0.39, 0.29) is 0 Å². The zero-order valence-electron chi connectivity index (χ0n) is 20.6. The molecular formula is C21H32O15. The Hall–Kier alpha value is -2.40. The van der Waals surface area contributed by atoms with E-state index < -0.39 is 91.8 Å². The van der Waals surface area contributed by atoms with E-state index in [1.807, 2.05) is 0 Å². The van der Waals surface area contributed by atoms with Crippen molar-refractivity contribution in [2.24, 2.45) is 0 Å². The first-order chi connectivity index (χ1) is 16.7. The van der Waals surface area contributed by atoms with Gasteiger partial charge in [-0.05, 0) is 41.5 Å². The third-order valence-electron chi connectivity index (χ3n) is 4.87. The van der Waals surface area contributed by atoms with Gasteiger partial charge in [-0.2, -0.15) is 0 Å². The number of carbonyl (C=O) groups is 4. The van der Waals surface area contributed by atoms with E-state index in [1.54, 1.807) is 0 Å². The van der Waals surface area contributed by atoms with E-state index in [0.717, 1.165) is 0 Å². The summed E-state index contributed by atoms with van der Waals surface area (Å²) in [6.45, 7) is 7.57. The maximum atomic E-state index is 12.5. The Kier molecular flexibility index (Phi) is 10.5. The highest BCUT2D eigenvalue weighted by Crippen LogP contribution is 2.37. The number of ether oxygens (including phenoxy) is 8. The van der Waals surface area contributed by atoms with Gasteiger partial charge in [-0.25, -0.2) is 19.2 Å². The minimum absolute atomic E-state index is 0.876. The molecule has 0 aromatic rings. The van der Waals surface area contributed by atoms with Crippen LogP contribution in [0.25, 0.3) is 0 Å². The average molecular weight is 524 g/mol. The third-order valence-corrected chi connectivity index (χ3v) is 4.87. The van der Waals surface area contributed by atoms with Gasteiger partial charge in [-0.3, -0.25) is 0 Å². The first kappa shape index (κ1) is 29.8. The molecule has 0 aromatic carbocycles. The van der Waals surface area contributed by atoms with Crippen molar-refractivity contribution in [3.05, 3.63) is 0 Å². The highest BCUT2D eigenvalue weighted by atomic mass is 16.8. The van der Waals surface area contributed by atoms with Crippen molar-refractivity contribution >= 4 is 23.9 Å². The van der Waals surface area contributed by atoms with Crippen LogP contribution in [-0.4, -0.2) is 107 Å². The maximum absolute atomic E-state index is 12.5. The van der Waals surface area contributed by atoms with Gasteiger partial charge in [0.2, 0.25) is 18.9 Å². The number of hydrogen-bond donors (Lipinski definition) is 3. The molecule has 0 spiro atoms. The standard InChI is InChI=1S/C21H32O15/c1-7(22)17(25)31-10(4)29-15-13-14(35-20(15)28)16(30-11(5)32-18(26)8(2)23)21(36-13)34-12(6)33-19(27)9(3)24/h7-16,21-24H,1-6H3. The molecule has 0 amide bonds. The molecule has 2 saturated heterocycles. The van der Waals surface area contributed by atoms with Gasteiger partial charge < -0.3 is 53.2 Å². The van der Waals surface area contributed by atoms with Crippen molar-refractivity contribution in [2.45, 2.75) is 109 Å². The number of aliphatic hydroxyl groups excluding tert-OH is 3. The average Bonchev–Trinajstić information content (AvgIpc) is 3.22. The lowest BCUT2D eigenvalue weighted by Gasteiger charge is -2.27. The van der Waals surface area contributed by atoms with Crippen molar-refractivity contribution in [1.29, 1.82) is 0 Å². The molecule has 2 heterocycles. The van der Waals surface area contributed by atoms with Gasteiger partial charge in [0.15, 0.2) is 24.6 Å². The number of hydrogen-bond acceptors (Lipinski definition) is 15. The van der Waals surface area contributed by atoms with E-state index in [4.69, 9.17) is 37.9 Å². The SMILES string of the molecule is CC(OC(=O)C(C)O)OC1OC2C(OC(C)OC(=O)C(C)O)C(=O)OC2C1OC(C)OC(=O)C(C)O. The molecule has 3 N–H and O–H groups in total. The molecule has 0 saturated carbocycles. The monoisotopic (exact) mass is 524 g/mol. The molecule has 11 unspecified atom stereocenters. The van der Waals surface area contributed by atoms with Gasteiger partial charge in [-0.1, -0.05) is 0 Å². The summed E-state index contributed by atoms with van der Waals surface area (Å²) in [5, 5.41) is 28.0. The number of fused-ring (bicyclic) bond motifs is 1. The highest BCUT2D eigenvalue weighted by Gasteiger charge is 2.60. The largest absolute Gasteiger partial charge is 0.454 e. The van der Waals surface area contributed by atoms with Crippen LogP contribution in [0.5, 0.6) is 0 Å². The first-order valence-corrected chi connectivity index (χ1v) is 11.2. The summed E-state index contributed by atoms with van der Waals surface area (Å²) in [5.41, 5.74) is 0. The predicted octanol–water partition coefficient (Wildman–Crippen LogP) is -1.77. The number of carbonyl (C=O) groups excluding carboxylic acids is 4. The Morgan fingerprint density at radius 2 is 1.11 bits per heavy atom. The molecule has 0 bridgehead atoms. The summed E-state index contributed by atoms with van der Waals surface area (Å²) in [4.78, 5) is 47.4. The molecule has 0 aliphatic carbocycles. The van der Waals surface area contributed by atoms with Crippen LogP contribution in [0.4, 0.5) is 0 Å². The molecule has 15 nitrogen and oxygen atoms in total. The molecule has 0 radical (unpaired) electrons. The molecule has 2 aliphatic rings. The minimum atomic E-state index is -1.43. The fourth-order valence-electron chi connectivity index (χ4n) is 3.23. The van der Waals surface area contributed by atoms with Crippen molar-refractivity contribution in [2.75, 3.05) is 0 Å². The van der Waals surface area contributed by atoms with Crippen LogP contribution in [0, 0.1) is 0 Å². The molecule has 11 atom stereocenters. The molecule has 206 valence electrons. The second-order valence-electron chi connectivity index (χ2n) is 8.21. The lowest BCUT2D eigenvalue weighted by atomic mass is 10.1. The minimum Gasteiger partial charge on any atom is -0.454 e. The van der Waals surface area contributed by atoms with Gasteiger partial charge in [0.25, 0.3) is 0 Å². The predicted molar refractivity (Wildman–Crippen MR) is 111 cm³/mol. The lowest BCUT2D eigenvalue weighted by Crippen LogP contribution is -2.42. The van der Waals surface area contributed by atoms with Crippen molar-refractivity contribution in [3.63, 3.8) is 0 Å². The van der Waals surface area contributed by atoms with Crippen molar-refractivity contribution in [1.82, 2.24) is 0 Å². The van der Waals surface area contributed by atoms with Gasteiger partial charge in [0.05, 0.1) is 0 Å². The Labute approximate surface area is 206 Å². The van der Waals surface area contributed by atoms with Crippen LogP contribution in [0.2, 0.25) is 0 Å². The van der Waals surface area contributed by atoms with Crippen LogP contribution in [0.3, 0.4) is 0 Å². The smallest absolute Gasteiger partial charge is 0.338 e. The third kappa shape index (κ3) is 7.80. The molecule has 15 heteroatoms. The van der Waals surface area contributed by atoms with Crippen LogP contribution < -0.4 is 0 Å². The summed E-state index contributed by atoms with van der Waals surface area (Å²) in [7, 11) is 0. The fraction of sp³-hybridized carbons (Fsp3) is 0.810.